The second kappa shape index (κ2) is 9.18. The molecule has 1 aromatic heterocycles. The fourth-order valence-electron chi connectivity index (χ4n) is 4.06. The lowest BCUT2D eigenvalue weighted by molar-refractivity contribution is 0.0230. The van der Waals surface area contributed by atoms with Crippen molar-refractivity contribution in [1.29, 1.82) is 0 Å². The Balaban J connectivity index is 1.68. The van der Waals surface area contributed by atoms with Crippen LogP contribution in [0.25, 0.3) is 22.3 Å². The molecule has 0 fully saturated rings. The molecule has 184 valence electrons. The molecular weight excluding hydrogens is 468 g/mol. The van der Waals surface area contributed by atoms with Crippen LogP contribution in [0.2, 0.25) is 0 Å². The maximum Gasteiger partial charge on any atom is 0.306 e. The number of methoxy groups -OCH3 is 4. The molecule has 2 heterocycles. The molecule has 0 N–H and O–H groups in total. The number of rotatable bonds is 7. The number of Topliss-reactive ketones (excluding diaryl/α,β-unsaturated/α-hetero) is 1. The molecule has 0 aliphatic carbocycles. The van der Waals surface area contributed by atoms with Gasteiger partial charge in [-0.15, -0.1) is 0 Å². The molecule has 1 atom stereocenters. The second-order valence-corrected chi connectivity index (χ2v) is 7.79. The number of hydrogen-bond acceptors (Lipinski definition) is 9. The van der Waals surface area contributed by atoms with Gasteiger partial charge in [0, 0.05) is 29.8 Å². The molecule has 5 rings (SSSR count). The van der Waals surface area contributed by atoms with E-state index in [-0.39, 0.29) is 45.3 Å². The van der Waals surface area contributed by atoms with Crippen LogP contribution >= 0.6 is 0 Å². The van der Waals surface area contributed by atoms with E-state index in [4.69, 9.17) is 32.8 Å². The highest BCUT2D eigenvalue weighted by atomic mass is 16.7. The van der Waals surface area contributed by atoms with Crippen molar-refractivity contribution in [3.05, 3.63) is 70.4 Å². The van der Waals surface area contributed by atoms with E-state index in [1.54, 1.807) is 48.5 Å². The van der Waals surface area contributed by atoms with Crippen LogP contribution in [0, 0.1) is 0 Å². The number of fused-ring (bicyclic) bond motifs is 2. The zero-order valence-electron chi connectivity index (χ0n) is 19.9. The van der Waals surface area contributed by atoms with Gasteiger partial charge in [-0.25, -0.2) is 0 Å². The molecule has 0 radical (unpaired) electrons. The summed E-state index contributed by atoms with van der Waals surface area (Å²) in [6.07, 6.45) is -1.45. The maximum atomic E-state index is 13.8. The third-order valence-electron chi connectivity index (χ3n) is 5.80. The molecular formula is C27H22O9. The molecule has 0 saturated carbocycles. The van der Waals surface area contributed by atoms with Crippen LogP contribution < -0.4 is 33.8 Å². The van der Waals surface area contributed by atoms with E-state index in [9.17, 15) is 9.59 Å². The number of benzene rings is 3. The van der Waals surface area contributed by atoms with Gasteiger partial charge < -0.3 is 32.8 Å². The summed E-state index contributed by atoms with van der Waals surface area (Å²) in [6.45, 7) is 0. The van der Waals surface area contributed by atoms with Gasteiger partial charge >= 0.3 is 6.29 Å². The zero-order valence-corrected chi connectivity index (χ0v) is 19.9. The van der Waals surface area contributed by atoms with Gasteiger partial charge in [-0.3, -0.25) is 9.59 Å². The average molecular weight is 490 g/mol. The van der Waals surface area contributed by atoms with Crippen molar-refractivity contribution >= 4 is 16.8 Å². The van der Waals surface area contributed by atoms with Gasteiger partial charge in [0.15, 0.2) is 5.76 Å². The summed E-state index contributed by atoms with van der Waals surface area (Å²) in [5, 5.41) is 0.134. The Morgan fingerprint density at radius 2 is 1.44 bits per heavy atom. The van der Waals surface area contributed by atoms with Crippen molar-refractivity contribution in [2.24, 2.45) is 0 Å². The first kappa shape index (κ1) is 23.1. The maximum absolute atomic E-state index is 13.8. The predicted molar refractivity (Wildman–Crippen MR) is 130 cm³/mol. The molecule has 4 aromatic rings. The highest BCUT2D eigenvalue weighted by Crippen LogP contribution is 2.42. The molecule has 9 heteroatoms. The van der Waals surface area contributed by atoms with E-state index < -0.39 is 17.5 Å². The van der Waals surface area contributed by atoms with Gasteiger partial charge in [0.25, 0.3) is 5.78 Å². The van der Waals surface area contributed by atoms with E-state index in [1.807, 2.05) is 6.07 Å². The van der Waals surface area contributed by atoms with E-state index in [0.717, 1.165) is 0 Å². The normalized spacial score (nSPS) is 14.2. The minimum atomic E-state index is -1.45. The van der Waals surface area contributed by atoms with Crippen molar-refractivity contribution in [3.8, 4) is 45.8 Å². The minimum Gasteiger partial charge on any atom is -0.496 e. The summed E-state index contributed by atoms with van der Waals surface area (Å²) in [5.41, 5.74) is 0.454. The Morgan fingerprint density at radius 1 is 0.778 bits per heavy atom. The van der Waals surface area contributed by atoms with Crippen molar-refractivity contribution < 1.29 is 37.6 Å². The number of carbonyl (C=O) groups is 1. The lowest BCUT2D eigenvalue weighted by atomic mass is 10.1. The van der Waals surface area contributed by atoms with Gasteiger partial charge in [0.1, 0.15) is 45.3 Å². The highest BCUT2D eigenvalue weighted by Gasteiger charge is 2.39. The first-order valence-electron chi connectivity index (χ1n) is 10.9. The molecule has 1 unspecified atom stereocenters. The predicted octanol–water partition coefficient (Wildman–Crippen LogP) is 4.47. The molecule has 0 saturated heterocycles. The fraction of sp³-hybridized carbons (Fsp3) is 0.185. The van der Waals surface area contributed by atoms with Crippen molar-refractivity contribution in [2.75, 3.05) is 28.4 Å². The summed E-state index contributed by atoms with van der Waals surface area (Å²) in [7, 11) is 5.85. The Kier molecular flexibility index (Phi) is 5.89. The first-order chi connectivity index (χ1) is 17.5. The summed E-state index contributed by atoms with van der Waals surface area (Å²) in [4.78, 5) is 27.0. The third-order valence-corrected chi connectivity index (χ3v) is 5.80. The quantitative estimate of drug-likeness (QED) is 0.371. The number of hydrogen-bond donors (Lipinski definition) is 0. The summed E-state index contributed by atoms with van der Waals surface area (Å²) in [6, 6.07) is 15.2. The molecule has 9 nitrogen and oxygen atoms in total. The van der Waals surface area contributed by atoms with Crippen LogP contribution in [-0.2, 0) is 0 Å². The SMILES string of the molecule is COc1cc(OC)c2c(c1)OC(Oc1c(-c3ccccc3)oc3cc(OC)cc(OC)c3c1=O)C2=O. The van der Waals surface area contributed by atoms with Crippen LogP contribution in [0.4, 0.5) is 0 Å². The third kappa shape index (κ3) is 3.74. The van der Waals surface area contributed by atoms with Crippen LogP contribution in [0.1, 0.15) is 10.4 Å². The Labute approximate surface area is 205 Å². The lowest BCUT2D eigenvalue weighted by Crippen LogP contribution is -2.30. The van der Waals surface area contributed by atoms with Gasteiger partial charge in [0.2, 0.25) is 11.2 Å². The van der Waals surface area contributed by atoms with Gasteiger partial charge in [-0.2, -0.15) is 0 Å². The molecule has 1 aliphatic heterocycles. The topological polar surface area (TPSA) is 103 Å². The average Bonchev–Trinajstić information content (AvgIpc) is 3.23. The molecule has 36 heavy (non-hydrogen) atoms. The summed E-state index contributed by atoms with van der Waals surface area (Å²) >= 11 is 0. The summed E-state index contributed by atoms with van der Waals surface area (Å²) in [5.74, 6) is 1.02. The molecule has 0 amide bonds. The van der Waals surface area contributed by atoms with E-state index in [0.29, 0.717) is 17.1 Å². The van der Waals surface area contributed by atoms with E-state index in [1.165, 1.54) is 28.4 Å². The smallest absolute Gasteiger partial charge is 0.306 e. The van der Waals surface area contributed by atoms with E-state index in [2.05, 4.69) is 0 Å². The Morgan fingerprint density at radius 3 is 2.11 bits per heavy atom. The van der Waals surface area contributed by atoms with Crippen LogP contribution in [0.15, 0.2) is 63.8 Å². The van der Waals surface area contributed by atoms with Crippen molar-refractivity contribution in [1.82, 2.24) is 0 Å². The Bertz CT molecular complexity index is 1520. The minimum absolute atomic E-state index is 0.125. The molecule has 3 aromatic carbocycles. The van der Waals surface area contributed by atoms with Crippen LogP contribution in [0.5, 0.6) is 34.5 Å². The lowest BCUT2D eigenvalue weighted by Gasteiger charge is -2.16. The van der Waals surface area contributed by atoms with Crippen LogP contribution in [-0.4, -0.2) is 40.5 Å². The number of carbonyl (C=O) groups excluding carboxylic acids is 1. The van der Waals surface area contributed by atoms with Crippen molar-refractivity contribution in [3.63, 3.8) is 0 Å². The monoisotopic (exact) mass is 490 g/mol. The largest absolute Gasteiger partial charge is 0.496 e. The Hall–Kier alpha value is -4.66. The van der Waals surface area contributed by atoms with Crippen molar-refractivity contribution in [2.45, 2.75) is 6.29 Å². The molecule has 1 aliphatic rings. The first-order valence-corrected chi connectivity index (χ1v) is 10.9. The van der Waals surface area contributed by atoms with Gasteiger partial charge in [-0.1, -0.05) is 30.3 Å². The van der Waals surface area contributed by atoms with Gasteiger partial charge in [0.05, 0.1) is 28.4 Å². The molecule has 0 spiro atoms. The number of ether oxygens (including phenoxy) is 6. The fourth-order valence-corrected chi connectivity index (χ4v) is 4.06. The summed E-state index contributed by atoms with van der Waals surface area (Å²) < 4.78 is 39.3. The highest BCUT2D eigenvalue weighted by molar-refractivity contribution is 6.06. The molecule has 0 bridgehead atoms. The van der Waals surface area contributed by atoms with E-state index >= 15 is 0 Å². The zero-order chi connectivity index (χ0) is 25.4. The standard InChI is InChI=1S/C27H22O9/c1-30-15-10-17(32-3)21-19(12-15)34-25(14-8-6-5-7-9-14)26(23(21)28)36-27-24(29)22-18(33-4)11-16(31-2)13-20(22)35-27/h5-13,27H,1-4H3. The second-order valence-electron chi connectivity index (χ2n) is 7.79. The van der Waals surface area contributed by atoms with Crippen LogP contribution in [0.3, 0.4) is 0 Å². The number of ketones is 1. The van der Waals surface area contributed by atoms with Gasteiger partial charge in [-0.05, 0) is 0 Å².